The average Bonchev–Trinajstić information content (AvgIpc) is 2.91. The van der Waals surface area contributed by atoms with Crippen LogP contribution >= 0.6 is 0 Å². The molecule has 3 heterocycles. The Morgan fingerprint density at radius 2 is 2.06 bits per heavy atom. The molecule has 0 unspecified atom stereocenters. The number of nitrogens with zero attached hydrogens (tertiary/aromatic N) is 3. The Morgan fingerprint density at radius 3 is 2.83 bits per heavy atom. The molecule has 0 spiro atoms. The van der Waals surface area contributed by atoms with Crippen LogP contribution in [0.3, 0.4) is 0 Å². The minimum Gasteiger partial charge on any atom is -0.345 e. The van der Waals surface area contributed by atoms with Gasteiger partial charge in [-0.2, -0.15) is 0 Å². The molecule has 3 aromatic heterocycles. The van der Waals surface area contributed by atoms with Crippen LogP contribution in [0, 0.1) is 0 Å². The van der Waals surface area contributed by atoms with Gasteiger partial charge >= 0.3 is 0 Å². The molecule has 0 radical (unpaired) electrons. The third-order valence-electron chi connectivity index (χ3n) is 3.54. The smallest absolute Gasteiger partial charge is 0.249 e. The molecule has 0 bridgehead atoms. The third kappa shape index (κ3) is 1.23. The average molecular weight is 248 g/mol. The summed E-state index contributed by atoms with van der Waals surface area (Å²) in [6, 6.07) is 1.89. The molecule has 1 fully saturated rings. The van der Waals surface area contributed by atoms with E-state index in [1.54, 1.807) is 18.6 Å². The highest BCUT2D eigenvalue weighted by atomic mass is 19.3. The summed E-state index contributed by atoms with van der Waals surface area (Å²) in [4.78, 5) is 11.6. The normalized spacial score (nSPS) is 19.4. The van der Waals surface area contributed by atoms with Crippen molar-refractivity contribution >= 4 is 16.7 Å². The molecule has 92 valence electrons. The third-order valence-corrected chi connectivity index (χ3v) is 3.54. The summed E-state index contributed by atoms with van der Waals surface area (Å²) in [6.07, 6.45) is 4.95. The zero-order chi connectivity index (χ0) is 12.3. The van der Waals surface area contributed by atoms with E-state index in [0.717, 1.165) is 16.7 Å². The lowest BCUT2D eigenvalue weighted by molar-refractivity contribution is -0.0885. The summed E-state index contributed by atoms with van der Waals surface area (Å²) in [5, 5.41) is 0. The van der Waals surface area contributed by atoms with Gasteiger partial charge in [0.05, 0.1) is 23.4 Å². The molecule has 1 saturated carbocycles. The largest absolute Gasteiger partial charge is 0.345 e. The lowest BCUT2D eigenvalue weighted by Gasteiger charge is -2.33. The molecular formula is C12H10F2N4. The molecule has 0 saturated heterocycles. The zero-order valence-corrected chi connectivity index (χ0v) is 9.40. The van der Waals surface area contributed by atoms with Crippen molar-refractivity contribution in [3.8, 4) is 0 Å². The van der Waals surface area contributed by atoms with Crippen molar-refractivity contribution < 1.29 is 8.78 Å². The molecule has 4 nitrogen and oxygen atoms in total. The summed E-state index contributed by atoms with van der Waals surface area (Å²) >= 11 is 0. The molecule has 4 rings (SSSR count). The molecule has 0 atom stereocenters. The molecule has 18 heavy (non-hydrogen) atoms. The number of nitrogens with one attached hydrogen (secondary N) is 1. The highest BCUT2D eigenvalue weighted by Gasteiger charge is 2.47. The Kier molecular flexibility index (Phi) is 1.70. The number of fused-ring (bicyclic) bond motifs is 3. The molecule has 1 aliphatic rings. The van der Waals surface area contributed by atoms with Gasteiger partial charge in [0.2, 0.25) is 5.92 Å². The van der Waals surface area contributed by atoms with Gasteiger partial charge in [0.15, 0.2) is 5.65 Å². The number of hydrogen-bond acceptors (Lipinski definition) is 2. The van der Waals surface area contributed by atoms with Crippen molar-refractivity contribution in [3.05, 3.63) is 30.5 Å². The number of alkyl halides is 2. The van der Waals surface area contributed by atoms with E-state index in [9.17, 15) is 8.78 Å². The molecule has 0 aromatic carbocycles. The molecule has 0 amide bonds. The van der Waals surface area contributed by atoms with Gasteiger partial charge in [-0.1, -0.05) is 0 Å². The van der Waals surface area contributed by atoms with E-state index in [0.29, 0.717) is 5.82 Å². The summed E-state index contributed by atoms with van der Waals surface area (Å²) in [5.41, 5.74) is 2.47. The number of hydrogen-bond donors (Lipinski definition) is 1. The molecule has 1 aliphatic carbocycles. The first kappa shape index (κ1) is 9.99. The van der Waals surface area contributed by atoms with Crippen LogP contribution in [0.25, 0.3) is 16.7 Å². The molecular weight excluding hydrogens is 238 g/mol. The van der Waals surface area contributed by atoms with Crippen molar-refractivity contribution in [2.45, 2.75) is 24.7 Å². The number of aromatic nitrogens is 4. The van der Waals surface area contributed by atoms with Gasteiger partial charge in [-0.05, 0) is 6.07 Å². The second kappa shape index (κ2) is 3.07. The molecule has 6 heteroatoms. The maximum atomic E-state index is 13.0. The summed E-state index contributed by atoms with van der Waals surface area (Å²) < 4.78 is 27.9. The predicted molar refractivity (Wildman–Crippen MR) is 61.8 cm³/mol. The number of H-pyrrole nitrogens is 1. The van der Waals surface area contributed by atoms with Crippen molar-refractivity contribution in [2.75, 3.05) is 0 Å². The maximum absolute atomic E-state index is 13.0. The van der Waals surface area contributed by atoms with Crippen LogP contribution in [0.4, 0.5) is 8.78 Å². The van der Waals surface area contributed by atoms with Gasteiger partial charge in [-0.25, -0.2) is 18.7 Å². The Hall–Kier alpha value is -1.98. The van der Waals surface area contributed by atoms with Gasteiger partial charge in [-0.15, -0.1) is 0 Å². The number of rotatable bonds is 1. The molecule has 3 aromatic rings. The SMILES string of the molecule is FC1(F)CC(c2ncc3cnc4[nH]ccc4n23)C1. The topological polar surface area (TPSA) is 46.0 Å². The molecule has 0 aliphatic heterocycles. The van der Waals surface area contributed by atoms with Crippen LogP contribution in [-0.4, -0.2) is 25.3 Å². The van der Waals surface area contributed by atoms with Crippen molar-refractivity contribution in [2.24, 2.45) is 0 Å². The first-order valence-corrected chi connectivity index (χ1v) is 5.81. The monoisotopic (exact) mass is 248 g/mol. The fourth-order valence-corrected chi connectivity index (χ4v) is 2.63. The second-order valence-corrected chi connectivity index (χ2v) is 4.81. The fourth-order valence-electron chi connectivity index (χ4n) is 2.63. The van der Waals surface area contributed by atoms with Crippen LogP contribution in [0.1, 0.15) is 24.6 Å². The minimum atomic E-state index is -2.53. The van der Waals surface area contributed by atoms with Crippen LogP contribution in [0.2, 0.25) is 0 Å². The predicted octanol–water partition coefficient (Wildman–Crippen LogP) is 2.72. The quantitative estimate of drug-likeness (QED) is 0.719. The maximum Gasteiger partial charge on any atom is 0.249 e. The number of halogens is 2. The Bertz CT molecular complexity index is 735. The van der Waals surface area contributed by atoms with Crippen molar-refractivity contribution in [3.63, 3.8) is 0 Å². The van der Waals surface area contributed by atoms with E-state index in [1.165, 1.54) is 0 Å². The molecule has 1 N–H and O–H groups in total. The fraction of sp³-hybridized carbons (Fsp3) is 0.333. The van der Waals surface area contributed by atoms with Crippen LogP contribution in [0.15, 0.2) is 24.7 Å². The van der Waals surface area contributed by atoms with Crippen LogP contribution in [-0.2, 0) is 0 Å². The summed E-state index contributed by atoms with van der Waals surface area (Å²) in [5.74, 6) is -1.98. The standard InChI is InChI=1S/C12H10F2N4/c13-12(14)3-7(4-12)11-17-6-8-5-16-10-9(18(8)11)1-2-15-10/h1-2,5-7,15H,3-4H2. The van der Waals surface area contributed by atoms with Gasteiger partial charge in [0.25, 0.3) is 0 Å². The Labute approximate surface area is 101 Å². The van der Waals surface area contributed by atoms with Gasteiger partial charge in [-0.3, -0.25) is 4.40 Å². The van der Waals surface area contributed by atoms with Crippen molar-refractivity contribution in [1.29, 1.82) is 0 Å². The van der Waals surface area contributed by atoms with Gasteiger partial charge in [0, 0.05) is 25.0 Å². The van der Waals surface area contributed by atoms with E-state index in [1.807, 2.05) is 10.5 Å². The first-order valence-electron chi connectivity index (χ1n) is 5.81. The van der Waals surface area contributed by atoms with E-state index >= 15 is 0 Å². The highest BCUT2D eigenvalue weighted by molar-refractivity contribution is 5.75. The highest BCUT2D eigenvalue weighted by Crippen LogP contribution is 2.48. The Balaban J connectivity index is 1.93. The summed E-state index contributed by atoms with van der Waals surface area (Å²) in [7, 11) is 0. The minimum absolute atomic E-state index is 0.111. The lowest BCUT2D eigenvalue weighted by atomic mass is 9.81. The van der Waals surface area contributed by atoms with Crippen LogP contribution < -0.4 is 0 Å². The number of imidazole rings is 1. The van der Waals surface area contributed by atoms with Gasteiger partial charge in [0.1, 0.15) is 5.82 Å². The summed E-state index contributed by atoms with van der Waals surface area (Å²) in [6.45, 7) is 0. The Morgan fingerprint density at radius 1 is 1.28 bits per heavy atom. The van der Waals surface area contributed by atoms with Crippen LogP contribution in [0.5, 0.6) is 0 Å². The lowest BCUT2D eigenvalue weighted by Crippen LogP contribution is -2.34. The number of aromatic amines is 1. The van der Waals surface area contributed by atoms with Crippen molar-refractivity contribution in [1.82, 2.24) is 19.4 Å². The van der Waals surface area contributed by atoms with E-state index < -0.39 is 5.92 Å². The van der Waals surface area contributed by atoms with E-state index in [2.05, 4.69) is 15.0 Å². The van der Waals surface area contributed by atoms with E-state index in [4.69, 9.17) is 0 Å². The van der Waals surface area contributed by atoms with Gasteiger partial charge < -0.3 is 4.98 Å². The zero-order valence-electron chi connectivity index (χ0n) is 9.40. The second-order valence-electron chi connectivity index (χ2n) is 4.81. The first-order chi connectivity index (χ1) is 8.64. The van der Waals surface area contributed by atoms with E-state index in [-0.39, 0.29) is 18.8 Å².